The Balaban J connectivity index is 2.27. The van der Waals surface area contributed by atoms with Gasteiger partial charge < -0.3 is 36.3 Å². The molecule has 0 aliphatic rings. The standard InChI is InChI=1S/C28H40N4O6/c1-18(2)16-37-24-14-21(8-9-22(24)31-26(34)15-29)28(36)32-23-10-7-20(13-25(23)38-17-19(3)4)27(35)30-11-5-6-12-33/h7-10,13-14,18-19,33H,5-6,11-12,15-17,29H2,1-4H3,(H,30,35)(H,31,34)(H,32,36). The van der Waals surface area contributed by atoms with Crippen molar-refractivity contribution in [1.29, 1.82) is 0 Å². The molecule has 6 N–H and O–H groups in total. The topological polar surface area (TPSA) is 152 Å². The Hall–Kier alpha value is -3.63. The molecule has 0 saturated heterocycles. The smallest absolute Gasteiger partial charge is 0.255 e. The molecule has 10 nitrogen and oxygen atoms in total. The zero-order valence-electron chi connectivity index (χ0n) is 22.6. The number of benzene rings is 2. The van der Waals surface area contributed by atoms with Crippen molar-refractivity contribution in [3.05, 3.63) is 47.5 Å². The van der Waals surface area contributed by atoms with Crippen molar-refractivity contribution in [3.63, 3.8) is 0 Å². The van der Waals surface area contributed by atoms with E-state index in [0.29, 0.717) is 66.6 Å². The zero-order valence-corrected chi connectivity index (χ0v) is 22.6. The minimum Gasteiger partial charge on any atom is -0.491 e. The number of nitrogens with one attached hydrogen (secondary N) is 3. The summed E-state index contributed by atoms with van der Waals surface area (Å²) in [6.45, 7) is 9.12. The number of carbonyl (C=O) groups is 3. The first-order chi connectivity index (χ1) is 18.1. The van der Waals surface area contributed by atoms with E-state index in [-0.39, 0.29) is 36.8 Å². The molecule has 0 aromatic heterocycles. The third-order valence-electron chi connectivity index (χ3n) is 5.21. The monoisotopic (exact) mass is 528 g/mol. The van der Waals surface area contributed by atoms with E-state index < -0.39 is 5.91 Å². The highest BCUT2D eigenvalue weighted by Gasteiger charge is 2.17. The van der Waals surface area contributed by atoms with Gasteiger partial charge in [-0.15, -0.1) is 0 Å². The first-order valence-corrected chi connectivity index (χ1v) is 12.9. The molecule has 208 valence electrons. The SMILES string of the molecule is CC(C)COc1cc(C(=O)Nc2ccc(C(=O)NCCCCO)cc2OCC(C)C)ccc1NC(=O)CN. The highest BCUT2D eigenvalue weighted by atomic mass is 16.5. The van der Waals surface area contributed by atoms with Crippen LogP contribution in [0.4, 0.5) is 11.4 Å². The van der Waals surface area contributed by atoms with Gasteiger partial charge in [-0.25, -0.2) is 0 Å². The summed E-state index contributed by atoms with van der Waals surface area (Å²) < 4.78 is 11.8. The van der Waals surface area contributed by atoms with E-state index in [1.54, 1.807) is 36.4 Å². The van der Waals surface area contributed by atoms with Crippen molar-refractivity contribution in [2.75, 3.05) is 43.5 Å². The van der Waals surface area contributed by atoms with E-state index in [1.165, 1.54) is 0 Å². The summed E-state index contributed by atoms with van der Waals surface area (Å²) in [5.41, 5.74) is 6.97. The zero-order chi connectivity index (χ0) is 28.1. The predicted molar refractivity (Wildman–Crippen MR) is 148 cm³/mol. The van der Waals surface area contributed by atoms with Crippen LogP contribution in [0.1, 0.15) is 61.3 Å². The van der Waals surface area contributed by atoms with Gasteiger partial charge in [0.1, 0.15) is 11.5 Å². The molecule has 38 heavy (non-hydrogen) atoms. The fourth-order valence-corrected chi connectivity index (χ4v) is 3.22. The minimum atomic E-state index is -0.410. The van der Waals surface area contributed by atoms with Gasteiger partial charge in [-0.3, -0.25) is 14.4 Å². The Morgan fingerprint density at radius 1 is 0.816 bits per heavy atom. The summed E-state index contributed by atoms with van der Waals surface area (Å²) in [5.74, 6) is 0.143. The molecular formula is C28H40N4O6. The van der Waals surface area contributed by atoms with Gasteiger partial charge in [0.2, 0.25) is 5.91 Å². The van der Waals surface area contributed by atoms with E-state index >= 15 is 0 Å². The molecule has 0 saturated carbocycles. The average Bonchev–Trinajstić information content (AvgIpc) is 2.89. The molecule has 2 aromatic carbocycles. The molecule has 0 fully saturated rings. The number of amides is 3. The predicted octanol–water partition coefficient (Wildman–Crippen LogP) is 3.41. The summed E-state index contributed by atoms with van der Waals surface area (Å²) in [6, 6.07) is 9.57. The summed E-state index contributed by atoms with van der Waals surface area (Å²) in [4.78, 5) is 37.6. The molecule has 0 bridgehead atoms. The van der Waals surface area contributed by atoms with Gasteiger partial charge in [0, 0.05) is 24.3 Å². The number of anilines is 2. The van der Waals surface area contributed by atoms with E-state index in [2.05, 4.69) is 16.0 Å². The van der Waals surface area contributed by atoms with Crippen molar-refractivity contribution >= 4 is 29.1 Å². The molecule has 3 amide bonds. The normalized spacial score (nSPS) is 10.8. The van der Waals surface area contributed by atoms with Gasteiger partial charge in [-0.2, -0.15) is 0 Å². The summed E-state index contributed by atoms with van der Waals surface area (Å²) in [6.07, 6.45) is 1.28. The van der Waals surface area contributed by atoms with E-state index in [9.17, 15) is 14.4 Å². The average molecular weight is 529 g/mol. The van der Waals surface area contributed by atoms with Crippen LogP contribution >= 0.6 is 0 Å². The van der Waals surface area contributed by atoms with Gasteiger partial charge in [-0.05, 0) is 61.1 Å². The third kappa shape index (κ3) is 10.0. The lowest BCUT2D eigenvalue weighted by molar-refractivity contribution is -0.114. The minimum absolute atomic E-state index is 0.0772. The van der Waals surface area contributed by atoms with Crippen LogP contribution in [-0.4, -0.2) is 55.7 Å². The second-order valence-electron chi connectivity index (χ2n) is 9.72. The number of rotatable bonds is 15. The second kappa shape index (κ2) is 15.6. The van der Waals surface area contributed by atoms with Crippen molar-refractivity contribution in [2.24, 2.45) is 17.6 Å². The molecular weight excluding hydrogens is 488 g/mol. The van der Waals surface area contributed by atoms with E-state index in [1.807, 2.05) is 27.7 Å². The molecule has 0 radical (unpaired) electrons. The van der Waals surface area contributed by atoms with Crippen LogP contribution in [0.25, 0.3) is 0 Å². The number of hydrogen-bond donors (Lipinski definition) is 5. The van der Waals surface area contributed by atoms with Crippen molar-refractivity contribution < 1.29 is 29.0 Å². The van der Waals surface area contributed by atoms with Crippen LogP contribution in [0.5, 0.6) is 11.5 Å². The lowest BCUT2D eigenvalue weighted by Crippen LogP contribution is -2.25. The quantitative estimate of drug-likeness (QED) is 0.222. The Kier molecular flexibility index (Phi) is 12.5. The summed E-state index contributed by atoms with van der Waals surface area (Å²) in [7, 11) is 0. The number of aliphatic hydroxyl groups is 1. The van der Waals surface area contributed by atoms with Gasteiger partial charge >= 0.3 is 0 Å². The maximum Gasteiger partial charge on any atom is 0.255 e. The first-order valence-electron chi connectivity index (χ1n) is 12.9. The van der Waals surface area contributed by atoms with Gasteiger partial charge in [0.15, 0.2) is 0 Å². The van der Waals surface area contributed by atoms with Crippen molar-refractivity contribution in [3.8, 4) is 11.5 Å². The summed E-state index contributed by atoms with van der Waals surface area (Å²) in [5, 5.41) is 17.3. The molecule has 0 aliphatic carbocycles. The van der Waals surface area contributed by atoms with Gasteiger partial charge in [0.25, 0.3) is 11.8 Å². The maximum absolute atomic E-state index is 13.2. The van der Waals surface area contributed by atoms with Crippen LogP contribution in [-0.2, 0) is 4.79 Å². The second-order valence-corrected chi connectivity index (χ2v) is 9.72. The Morgan fingerprint density at radius 2 is 1.34 bits per heavy atom. The molecule has 10 heteroatoms. The fraction of sp³-hybridized carbons (Fsp3) is 0.464. The number of hydrogen-bond acceptors (Lipinski definition) is 7. The van der Waals surface area contributed by atoms with Gasteiger partial charge in [-0.1, -0.05) is 27.7 Å². The molecule has 0 aliphatic heterocycles. The number of carbonyl (C=O) groups excluding carboxylic acids is 3. The van der Waals surface area contributed by atoms with Crippen molar-refractivity contribution in [2.45, 2.75) is 40.5 Å². The lowest BCUT2D eigenvalue weighted by Gasteiger charge is -2.17. The lowest BCUT2D eigenvalue weighted by atomic mass is 10.1. The largest absolute Gasteiger partial charge is 0.491 e. The third-order valence-corrected chi connectivity index (χ3v) is 5.21. The molecule has 0 unspecified atom stereocenters. The number of nitrogens with two attached hydrogens (primary N) is 1. The van der Waals surface area contributed by atoms with Crippen LogP contribution in [0.15, 0.2) is 36.4 Å². The molecule has 2 rings (SSSR count). The van der Waals surface area contributed by atoms with Crippen LogP contribution in [0.2, 0.25) is 0 Å². The highest BCUT2D eigenvalue weighted by Crippen LogP contribution is 2.30. The van der Waals surface area contributed by atoms with E-state index in [0.717, 1.165) is 0 Å². The highest BCUT2D eigenvalue weighted by molar-refractivity contribution is 6.06. The number of ether oxygens (including phenoxy) is 2. The fourth-order valence-electron chi connectivity index (χ4n) is 3.22. The first kappa shape index (κ1) is 30.6. The molecule has 0 atom stereocenters. The number of unbranched alkanes of at least 4 members (excludes halogenated alkanes) is 1. The molecule has 0 spiro atoms. The Morgan fingerprint density at radius 3 is 1.84 bits per heavy atom. The maximum atomic E-state index is 13.2. The van der Waals surface area contributed by atoms with Crippen LogP contribution in [0.3, 0.4) is 0 Å². The molecule has 2 aromatic rings. The van der Waals surface area contributed by atoms with Crippen LogP contribution < -0.4 is 31.2 Å². The molecule has 0 heterocycles. The van der Waals surface area contributed by atoms with Crippen molar-refractivity contribution in [1.82, 2.24) is 5.32 Å². The summed E-state index contributed by atoms with van der Waals surface area (Å²) >= 11 is 0. The van der Waals surface area contributed by atoms with Crippen LogP contribution in [0, 0.1) is 11.8 Å². The Labute approximate surface area is 224 Å². The Bertz CT molecular complexity index is 1090. The number of aliphatic hydroxyl groups excluding tert-OH is 1. The van der Waals surface area contributed by atoms with E-state index in [4.69, 9.17) is 20.3 Å². The van der Waals surface area contributed by atoms with Gasteiger partial charge in [0.05, 0.1) is 31.1 Å².